The van der Waals surface area contributed by atoms with E-state index in [2.05, 4.69) is 26.2 Å². The number of carbonyl (C=O) groups is 2. The summed E-state index contributed by atoms with van der Waals surface area (Å²) in [6.07, 6.45) is 1.67. The first kappa shape index (κ1) is 13.4. The fourth-order valence-corrected chi connectivity index (χ4v) is 2.07. The van der Waals surface area contributed by atoms with Gasteiger partial charge in [0.15, 0.2) is 0 Å². The van der Waals surface area contributed by atoms with Crippen molar-refractivity contribution < 1.29 is 9.59 Å². The second kappa shape index (κ2) is 5.27. The van der Waals surface area contributed by atoms with Gasteiger partial charge in [0.25, 0.3) is 5.91 Å². The third-order valence-corrected chi connectivity index (χ3v) is 3.20. The number of nitrogens with one attached hydrogen (secondary N) is 2. The lowest BCUT2D eigenvalue weighted by Gasteiger charge is -2.10. The molecule has 0 unspecified atom stereocenters. The Hall–Kier alpha value is -2.08. The average molecular weight is 322 g/mol. The molecule has 0 bridgehead atoms. The molecule has 2 rings (SSSR count). The molecule has 0 aliphatic rings. The number of carbonyl (C=O) groups excluding carboxylic acids is 2. The van der Waals surface area contributed by atoms with Gasteiger partial charge in [-0.3, -0.25) is 9.59 Å². The van der Waals surface area contributed by atoms with Gasteiger partial charge in [-0.15, -0.1) is 0 Å². The number of primary amides is 1. The summed E-state index contributed by atoms with van der Waals surface area (Å²) in [6.45, 7) is 1.74. The Morgan fingerprint density at radius 2 is 2.11 bits per heavy atom. The molecule has 0 fully saturated rings. The highest BCUT2D eigenvalue weighted by molar-refractivity contribution is 9.10. The first-order valence-electron chi connectivity index (χ1n) is 5.53. The Kier molecular flexibility index (Phi) is 3.71. The molecule has 0 radical (unpaired) electrons. The topological polar surface area (TPSA) is 88.0 Å². The van der Waals surface area contributed by atoms with Crippen LogP contribution in [0.2, 0.25) is 0 Å². The van der Waals surface area contributed by atoms with E-state index in [1.807, 2.05) is 0 Å². The predicted molar refractivity (Wildman–Crippen MR) is 76.1 cm³/mol. The van der Waals surface area contributed by atoms with Crippen molar-refractivity contribution in [3.8, 4) is 0 Å². The Morgan fingerprint density at radius 3 is 2.68 bits per heavy atom. The number of aromatic amines is 1. The van der Waals surface area contributed by atoms with Crippen LogP contribution in [-0.4, -0.2) is 16.8 Å². The highest BCUT2D eigenvalue weighted by atomic mass is 79.9. The number of aromatic nitrogens is 1. The Labute approximate surface area is 118 Å². The molecule has 2 aromatic rings. The predicted octanol–water partition coefficient (Wildman–Crippen LogP) is 2.44. The molecular formula is C13H12BrN3O2. The summed E-state index contributed by atoms with van der Waals surface area (Å²) in [7, 11) is 0. The molecule has 0 spiro atoms. The monoisotopic (exact) mass is 321 g/mol. The Balaban J connectivity index is 2.27. The number of hydrogen-bond donors (Lipinski definition) is 3. The number of amides is 2. The molecule has 1 heterocycles. The van der Waals surface area contributed by atoms with Crippen LogP contribution in [-0.2, 0) is 0 Å². The number of anilines is 1. The minimum absolute atomic E-state index is 0.282. The van der Waals surface area contributed by atoms with Gasteiger partial charge in [0.05, 0.1) is 0 Å². The quantitative estimate of drug-likeness (QED) is 0.810. The molecule has 0 aliphatic carbocycles. The number of rotatable bonds is 3. The van der Waals surface area contributed by atoms with E-state index in [9.17, 15) is 9.59 Å². The van der Waals surface area contributed by atoms with E-state index in [0.29, 0.717) is 22.5 Å². The van der Waals surface area contributed by atoms with E-state index in [-0.39, 0.29) is 5.91 Å². The van der Waals surface area contributed by atoms with Crippen molar-refractivity contribution in [2.75, 3.05) is 5.32 Å². The fourth-order valence-electron chi connectivity index (χ4n) is 1.73. The van der Waals surface area contributed by atoms with Crippen LogP contribution in [0.15, 0.2) is 34.9 Å². The van der Waals surface area contributed by atoms with Gasteiger partial charge in [0.2, 0.25) is 5.91 Å². The molecule has 2 amide bonds. The zero-order chi connectivity index (χ0) is 14.0. The highest BCUT2D eigenvalue weighted by Gasteiger charge is 2.12. The van der Waals surface area contributed by atoms with E-state index in [1.54, 1.807) is 37.4 Å². The summed E-state index contributed by atoms with van der Waals surface area (Å²) in [5.74, 6) is -0.799. The zero-order valence-electron chi connectivity index (χ0n) is 10.2. The van der Waals surface area contributed by atoms with Crippen molar-refractivity contribution in [3.63, 3.8) is 0 Å². The maximum Gasteiger partial charge on any atom is 0.272 e. The average Bonchev–Trinajstić information content (AvgIpc) is 2.78. The molecule has 98 valence electrons. The van der Waals surface area contributed by atoms with Crippen LogP contribution in [0, 0.1) is 6.92 Å². The molecule has 4 N–H and O–H groups in total. The van der Waals surface area contributed by atoms with Crippen LogP contribution in [0.1, 0.15) is 26.4 Å². The number of H-pyrrole nitrogens is 1. The van der Waals surface area contributed by atoms with Gasteiger partial charge in [-0.05, 0) is 46.6 Å². The van der Waals surface area contributed by atoms with Crippen molar-refractivity contribution in [1.82, 2.24) is 4.98 Å². The van der Waals surface area contributed by atoms with Gasteiger partial charge in [0, 0.05) is 21.9 Å². The number of halogens is 1. The second-order valence-electron chi connectivity index (χ2n) is 4.03. The smallest absolute Gasteiger partial charge is 0.272 e. The Bertz CT molecular complexity index is 649. The van der Waals surface area contributed by atoms with E-state index in [0.717, 1.165) is 4.47 Å². The lowest BCUT2D eigenvalue weighted by atomic mass is 10.1. The molecule has 0 saturated carbocycles. The largest absolute Gasteiger partial charge is 0.366 e. The van der Waals surface area contributed by atoms with Crippen LogP contribution in [0.4, 0.5) is 5.69 Å². The van der Waals surface area contributed by atoms with Crippen molar-refractivity contribution in [2.45, 2.75) is 6.92 Å². The molecule has 0 atom stereocenters. The molecule has 0 saturated heterocycles. The molecule has 0 aliphatic heterocycles. The summed E-state index contributed by atoms with van der Waals surface area (Å²) in [5, 5.41) is 2.74. The molecule has 1 aromatic carbocycles. The maximum atomic E-state index is 12.0. The third kappa shape index (κ3) is 2.85. The molecule has 19 heavy (non-hydrogen) atoms. The SMILES string of the molecule is Cc1c(NC(=O)c2cc(Br)c[nH]2)cccc1C(N)=O. The van der Waals surface area contributed by atoms with Crippen molar-refractivity contribution in [1.29, 1.82) is 0 Å². The first-order chi connectivity index (χ1) is 8.99. The van der Waals surface area contributed by atoms with Crippen molar-refractivity contribution >= 4 is 33.4 Å². The number of benzene rings is 1. The molecule has 5 nitrogen and oxygen atoms in total. The first-order valence-corrected chi connectivity index (χ1v) is 6.33. The van der Waals surface area contributed by atoms with Gasteiger partial charge >= 0.3 is 0 Å². The third-order valence-electron chi connectivity index (χ3n) is 2.74. The normalized spacial score (nSPS) is 10.2. The summed E-state index contributed by atoms with van der Waals surface area (Å²) < 4.78 is 0.792. The standard InChI is InChI=1S/C13H12BrN3O2/c1-7-9(12(15)18)3-2-4-10(7)17-13(19)11-5-8(14)6-16-11/h2-6,16H,1H3,(H2,15,18)(H,17,19). The summed E-state index contributed by atoms with van der Waals surface area (Å²) in [4.78, 5) is 26.0. The van der Waals surface area contributed by atoms with Gasteiger partial charge in [-0.25, -0.2) is 0 Å². The lowest BCUT2D eigenvalue weighted by molar-refractivity contribution is 0.0995. The molecular weight excluding hydrogens is 310 g/mol. The van der Waals surface area contributed by atoms with E-state index >= 15 is 0 Å². The van der Waals surface area contributed by atoms with Crippen LogP contribution in [0.5, 0.6) is 0 Å². The second-order valence-corrected chi connectivity index (χ2v) is 4.94. The van der Waals surface area contributed by atoms with Crippen molar-refractivity contribution in [3.05, 3.63) is 51.8 Å². The van der Waals surface area contributed by atoms with Crippen LogP contribution in [0.25, 0.3) is 0 Å². The number of hydrogen-bond acceptors (Lipinski definition) is 2. The van der Waals surface area contributed by atoms with E-state index in [4.69, 9.17) is 5.73 Å². The number of nitrogens with two attached hydrogens (primary N) is 1. The van der Waals surface area contributed by atoms with Gasteiger partial charge in [-0.1, -0.05) is 6.07 Å². The summed E-state index contributed by atoms with van der Waals surface area (Å²) in [6, 6.07) is 6.69. The van der Waals surface area contributed by atoms with Gasteiger partial charge in [-0.2, -0.15) is 0 Å². The lowest BCUT2D eigenvalue weighted by Crippen LogP contribution is -2.17. The van der Waals surface area contributed by atoms with Gasteiger partial charge in [0.1, 0.15) is 5.69 Å². The fraction of sp³-hybridized carbons (Fsp3) is 0.0769. The molecule has 6 heteroatoms. The van der Waals surface area contributed by atoms with Crippen molar-refractivity contribution in [2.24, 2.45) is 5.73 Å². The maximum absolute atomic E-state index is 12.0. The van der Waals surface area contributed by atoms with Crippen LogP contribution in [0.3, 0.4) is 0 Å². The molecule has 1 aromatic heterocycles. The minimum atomic E-state index is -0.517. The van der Waals surface area contributed by atoms with E-state index in [1.165, 1.54) is 0 Å². The van der Waals surface area contributed by atoms with Crippen LogP contribution >= 0.6 is 15.9 Å². The van der Waals surface area contributed by atoms with Crippen LogP contribution < -0.4 is 11.1 Å². The highest BCUT2D eigenvalue weighted by Crippen LogP contribution is 2.20. The van der Waals surface area contributed by atoms with E-state index < -0.39 is 5.91 Å². The van der Waals surface area contributed by atoms with Gasteiger partial charge < -0.3 is 16.0 Å². The minimum Gasteiger partial charge on any atom is -0.366 e. The summed E-state index contributed by atoms with van der Waals surface area (Å²) in [5.41, 5.74) is 7.29. The Morgan fingerprint density at radius 1 is 1.37 bits per heavy atom. The summed E-state index contributed by atoms with van der Waals surface area (Å²) >= 11 is 3.26. The zero-order valence-corrected chi connectivity index (χ0v) is 11.7.